The van der Waals surface area contributed by atoms with Gasteiger partial charge in [0.25, 0.3) is 5.91 Å². The van der Waals surface area contributed by atoms with Crippen molar-refractivity contribution in [3.05, 3.63) is 11.9 Å². The molecule has 2 aliphatic heterocycles. The summed E-state index contributed by atoms with van der Waals surface area (Å²) in [5.41, 5.74) is 0.977. The topological polar surface area (TPSA) is 71.0 Å². The number of nitrogens with zero attached hydrogens (tertiary/aromatic N) is 5. The van der Waals surface area contributed by atoms with Crippen LogP contribution in [0, 0.1) is 0 Å². The normalized spacial score (nSPS) is 20.1. The minimum atomic E-state index is -0.586. The third-order valence-electron chi connectivity index (χ3n) is 4.68. The van der Waals surface area contributed by atoms with E-state index in [2.05, 4.69) is 30.3 Å². The summed E-state index contributed by atoms with van der Waals surface area (Å²) in [5, 5.41) is 0. The molecule has 3 heterocycles. The van der Waals surface area contributed by atoms with Crippen molar-refractivity contribution in [2.24, 2.45) is 4.99 Å². The number of urea groups is 1. The lowest BCUT2D eigenvalue weighted by atomic mass is 9.92. The number of hydrogen-bond donors (Lipinski definition) is 0. The summed E-state index contributed by atoms with van der Waals surface area (Å²) in [6.45, 7) is 10.2. The summed E-state index contributed by atoms with van der Waals surface area (Å²) in [7, 11) is 3.16. The van der Waals surface area contributed by atoms with Crippen LogP contribution in [0.3, 0.4) is 0 Å². The monoisotopic (exact) mass is 348 g/mol. The Bertz CT molecular complexity index is 759. The fourth-order valence-electron chi connectivity index (χ4n) is 3.31. The number of hydrogen-bond acceptors (Lipinski definition) is 4. The van der Waals surface area contributed by atoms with Crippen LogP contribution in [-0.4, -0.2) is 59.4 Å². The molecule has 1 aromatic rings. The molecule has 0 bridgehead atoms. The molecule has 1 saturated heterocycles. The summed E-state index contributed by atoms with van der Waals surface area (Å²) in [4.78, 5) is 32.1. The molecule has 3 amide bonds. The first kappa shape index (κ1) is 17.6. The summed E-state index contributed by atoms with van der Waals surface area (Å²) in [6.07, 6.45) is 1.98. The Labute approximate surface area is 147 Å². The highest BCUT2D eigenvalue weighted by atomic mass is 16.5. The zero-order chi connectivity index (χ0) is 18.5. The van der Waals surface area contributed by atoms with Crippen LogP contribution in [0.1, 0.15) is 39.4 Å². The van der Waals surface area contributed by atoms with E-state index in [1.165, 1.54) is 11.9 Å². The molecule has 136 valence electrons. The number of imide groups is 1. The minimum absolute atomic E-state index is 0.107. The molecular weight excluding hydrogens is 322 g/mol. The number of likely N-dealkylation sites (N-methyl/N-ethyl adjacent to an activating group) is 2. The molecule has 1 unspecified atom stereocenters. The van der Waals surface area contributed by atoms with Crippen molar-refractivity contribution in [2.45, 2.75) is 45.7 Å². The van der Waals surface area contributed by atoms with E-state index in [1.54, 1.807) is 7.05 Å². The number of ether oxygens (including phenoxy) is 1. The van der Waals surface area contributed by atoms with Gasteiger partial charge in [-0.3, -0.25) is 14.6 Å². The molecule has 0 radical (unpaired) electrons. The van der Waals surface area contributed by atoms with Crippen LogP contribution in [0.4, 0.5) is 10.7 Å². The molecule has 1 atom stereocenters. The Balaban J connectivity index is 2.10. The molecule has 0 spiro atoms. The second kappa shape index (κ2) is 5.94. The van der Waals surface area contributed by atoms with Gasteiger partial charge in [-0.05, 0) is 6.92 Å². The zero-order valence-corrected chi connectivity index (χ0v) is 15.7. The van der Waals surface area contributed by atoms with E-state index in [9.17, 15) is 9.59 Å². The Morgan fingerprint density at radius 3 is 2.52 bits per heavy atom. The number of aromatic nitrogens is 2. The average molecular weight is 348 g/mol. The molecule has 1 fully saturated rings. The van der Waals surface area contributed by atoms with Gasteiger partial charge in [0.1, 0.15) is 11.9 Å². The predicted octanol–water partition coefficient (Wildman–Crippen LogP) is 1.22. The number of imidazole rings is 1. The smallest absolute Gasteiger partial charge is 0.378 e. The van der Waals surface area contributed by atoms with Gasteiger partial charge in [0.15, 0.2) is 0 Å². The van der Waals surface area contributed by atoms with Crippen molar-refractivity contribution in [2.75, 3.05) is 27.3 Å². The molecule has 1 aromatic heterocycles. The third-order valence-corrected chi connectivity index (χ3v) is 4.68. The number of carbonyl (C=O) groups is 2. The second-order valence-corrected chi connectivity index (χ2v) is 7.43. The predicted molar refractivity (Wildman–Crippen MR) is 91.9 cm³/mol. The first-order valence-corrected chi connectivity index (χ1v) is 8.55. The van der Waals surface area contributed by atoms with E-state index in [1.807, 2.05) is 17.7 Å². The highest BCUT2D eigenvalue weighted by Crippen LogP contribution is 2.32. The fraction of sp³-hybridized carbons (Fsp3) is 0.647. The molecule has 0 aromatic carbocycles. The number of aliphatic imine (C=N–C) groups is 1. The molecule has 8 nitrogen and oxygen atoms in total. The average Bonchev–Trinajstić information content (AvgIpc) is 3.07. The Morgan fingerprint density at radius 1 is 1.24 bits per heavy atom. The van der Waals surface area contributed by atoms with Crippen molar-refractivity contribution in [1.82, 2.24) is 14.4 Å². The zero-order valence-electron chi connectivity index (χ0n) is 15.7. The van der Waals surface area contributed by atoms with Crippen LogP contribution >= 0.6 is 0 Å². The van der Waals surface area contributed by atoms with Gasteiger partial charge in [-0.1, -0.05) is 25.8 Å². The quantitative estimate of drug-likeness (QED) is 0.607. The van der Waals surface area contributed by atoms with Gasteiger partial charge >= 0.3 is 12.0 Å². The van der Waals surface area contributed by atoms with Gasteiger partial charge in [0.05, 0.1) is 13.2 Å². The molecule has 25 heavy (non-hydrogen) atoms. The first-order chi connectivity index (χ1) is 11.7. The number of amides is 3. The molecule has 2 aliphatic rings. The highest BCUT2D eigenvalue weighted by molar-refractivity contribution is 6.18. The second-order valence-electron chi connectivity index (χ2n) is 7.43. The van der Waals surface area contributed by atoms with E-state index < -0.39 is 6.04 Å². The van der Waals surface area contributed by atoms with Crippen LogP contribution in [0.25, 0.3) is 0 Å². The SMILES string of the molecule is CCOCCn1c(C(C)(C)C)c[n+]2c1N=C1C2C(=O)N(C)C(=O)N1C. The first-order valence-electron chi connectivity index (χ1n) is 8.55. The maximum Gasteiger partial charge on any atom is 0.402 e. The molecule has 0 aliphatic carbocycles. The van der Waals surface area contributed by atoms with Crippen molar-refractivity contribution in [3.8, 4) is 0 Å². The van der Waals surface area contributed by atoms with E-state index in [-0.39, 0.29) is 17.4 Å². The fourth-order valence-corrected chi connectivity index (χ4v) is 3.31. The summed E-state index contributed by atoms with van der Waals surface area (Å²) >= 11 is 0. The summed E-state index contributed by atoms with van der Waals surface area (Å²) in [6, 6.07) is -0.945. The molecule has 8 heteroatoms. The Morgan fingerprint density at radius 2 is 1.92 bits per heavy atom. The van der Waals surface area contributed by atoms with Gasteiger partial charge in [-0.25, -0.2) is 13.9 Å². The van der Waals surface area contributed by atoms with Gasteiger partial charge in [-0.15, -0.1) is 0 Å². The summed E-state index contributed by atoms with van der Waals surface area (Å²) < 4.78 is 9.48. The van der Waals surface area contributed by atoms with E-state index >= 15 is 0 Å². The van der Waals surface area contributed by atoms with Gasteiger partial charge in [0.2, 0.25) is 11.9 Å². The Hall–Kier alpha value is -2.22. The highest BCUT2D eigenvalue weighted by Gasteiger charge is 2.52. The van der Waals surface area contributed by atoms with Crippen LogP contribution in [0.2, 0.25) is 0 Å². The lowest BCUT2D eigenvalue weighted by Crippen LogP contribution is -2.61. The Kier molecular flexibility index (Phi) is 4.18. The van der Waals surface area contributed by atoms with E-state index in [0.717, 1.165) is 10.6 Å². The largest absolute Gasteiger partial charge is 0.402 e. The third kappa shape index (κ3) is 2.64. The number of amidine groups is 1. The lowest BCUT2D eigenvalue weighted by Gasteiger charge is -2.30. The number of carbonyl (C=O) groups excluding carboxylic acids is 2. The summed E-state index contributed by atoms with van der Waals surface area (Å²) in [5.74, 6) is 0.912. The van der Waals surface area contributed by atoms with Crippen LogP contribution in [0.5, 0.6) is 0 Å². The molecular formula is C17H26N5O3+. The van der Waals surface area contributed by atoms with Gasteiger partial charge in [-0.2, -0.15) is 0 Å². The molecule has 0 N–H and O–H groups in total. The van der Waals surface area contributed by atoms with Crippen molar-refractivity contribution >= 4 is 23.7 Å². The maximum atomic E-state index is 12.7. The van der Waals surface area contributed by atoms with Crippen molar-refractivity contribution < 1.29 is 18.9 Å². The lowest BCUT2D eigenvalue weighted by molar-refractivity contribution is -0.677. The van der Waals surface area contributed by atoms with Gasteiger partial charge < -0.3 is 4.74 Å². The van der Waals surface area contributed by atoms with Crippen molar-refractivity contribution in [3.63, 3.8) is 0 Å². The van der Waals surface area contributed by atoms with Crippen LogP contribution < -0.4 is 4.57 Å². The molecule has 3 rings (SSSR count). The maximum absolute atomic E-state index is 12.7. The van der Waals surface area contributed by atoms with Crippen LogP contribution in [-0.2, 0) is 21.5 Å². The number of fused-ring (bicyclic) bond motifs is 3. The molecule has 0 saturated carbocycles. The van der Waals surface area contributed by atoms with Crippen molar-refractivity contribution in [1.29, 1.82) is 0 Å². The number of rotatable bonds is 4. The standard InChI is InChI=1S/C17H26N5O3/c1-7-25-9-8-21-11(17(2,3)4)10-22-12-13(18-15(21)22)19(5)16(24)20(6)14(12)23/h10,12H,7-9H2,1-6H3/q+1. The minimum Gasteiger partial charge on any atom is -0.378 e. The van der Waals surface area contributed by atoms with E-state index in [4.69, 9.17) is 4.74 Å². The van der Waals surface area contributed by atoms with Crippen LogP contribution in [0.15, 0.2) is 11.2 Å². The van der Waals surface area contributed by atoms with Gasteiger partial charge in [0, 0.05) is 26.1 Å². The van der Waals surface area contributed by atoms with E-state index in [0.29, 0.717) is 31.5 Å².